The van der Waals surface area contributed by atoms with E-state index in [0.29, 0.717) is 0 Å². The Hall–Kier alpha value is -4.86. The van der Waals surface area contributed by atoms with Gasteiger partial charge in [-0.05, 0) is 127 Å². The van der Waals surface area contributed by atoms with Crippen LogP contribution in [0.3, 0.4) is 0 Å². The van der Waals surface area contributed by atoms with Gasteiger partial charge in [-0.1, -0.05) is 78.9 Å². The van der Waals surface area contributed by atoms with Crippen molar-refractivity contribution in [1.82, 2.24) is 0 Å². The Morgan fingerprint density at radius 3 is 1.94 bits per heavy atom. The summed E-state index contributed by atoms with van der Waals surface area (Å²) in [5, 5.41) is 4.94. The van der Waals surface area contributed by atoms with Gasteiger partial charge in [-0.3, -0.25) is 0 Å². The molecule has 2 heterocycles. The minimum atomic E-state index is 0.750. The summed E-state index contributed by atoms with van der Waals surface area (Å²) in [6.45, 7) is 0. The highest BCUT2D eigenvalue weighted by molar-refractivity contribution is 7.25. The van der Waals surface area contributed by atoms with Gasteiger partial charge in [-0.25, -0.2) is 0 Å². The van der Waals surface area contributed by atoms with E-state index in [4.69, 9.17) is 4.42 Å². The minimum absolute atomic E-state index is 0.750. The Bertz CT molecular complexity index is 2400. The molecule has 0 atom stereocenters. The minimum Gasteiger partial charge on any atom is -0.456 e. The molecule has 0 aliphatic heterocycles. The first-order valence-corrected chi connectivity index (χ1v) is 18.9. The summed E-state index contributed by atoms with van der Waals surface area (Å²) in [6.07, 6.45) is 7.34. The predicted molar refractivity (Wildman–Crippen MR) is 207 cm³/mol. The highest BCUT2D eigenvalue weighted by atomic mass is 32.1. The van der Waals surface area contributed by atoms with Gasteiger partial charge in [-0.2, -0.15) is 0 Å². The second-order valence-electron chi connectivity index (χ2n) is 15.0. The van der Waals surface area contributed by atoms with Crippen LogP contribution < -0.4 is 4.90 Å². The number of benzene rings is 6. The third kappa shape index (κ3) is 4.52. The first-order valence-electron chi connectivity index (χ1n) is 18.0. The second-order valence-corrected chi connectivity index (χ2v) is 16.1. The topological polar surface area (TPSA) is 16.4 Å². The van der Waals surface area contributed by atoms with E-state index >= 15 is 0 Å². The number of para-hydroxylation sites is 1. The largest absolute Gasteiger partial charge is 0.456 e. The van der Waals surface area contributed by atoms with Crippen molar-refractivity contribution in [3.63, 3.8) is 0 Å². The average molecular weight is 652 g/mol. The van der Waals surface area contributed by atoms with Gasteiger partial charge in [-0.15, -0.1) is 11.3 Å². The fourth-order valence-corrected chi connectivity index (χ4v) is 11.5. The zero-order chi connectivity index (χ0) is 32.1. The van der Waals surface area contributed by atoms with Gasteiger partial charge in [0, 0.05) is 54.1 Å². The van der Waals surface area contributed by atoms with Gasteiger partial charge >= 0.3 is 0 Å². The van der Waals surface area contributed by atoms with E-state index in [0.717, 1.165) is 68.6 Å². The zero-order valence-corrected chi connectivity index (χ0v) is 28.2. The Balaban J connectivity index is 0.995. The summed E-state index contributed by atoms with van der Waals surface area (Å²) in [4.78, 5) is 2.38. The molecule has 49 heavy (non-hydrogen) atoms. The van der Waals surface area contributed by atoms with Crippen LogP contribution in [-0.2, 0) is 0 Å². The molecule has 6 aromatic carbocycles. The molecule has 4 aliphatic rings. The molecule has 0 N–H and O–H groups in total. The molecule has 8 aromatic rings. The molecule has 0 unspecified atom stereocenters. The van der Waals surface area contributed by atoms with Crippen molar-refractivity contribution in [3.05, 3.63) is 139 Å². The van der Waals surface area contributed by atoms with Crippen LogP contribution in [0.5, 0.6) is 0 Å². The Morgan fingerprint density at radius 1 is 0.469 bits per heavy atom. The third-order valence-electron chi connectivity index (χ3n) is 12.2. The van der Waals surface area contributed by atoms with E-state index in [-0.39, 0.29) is 0 Å². The first kappa shape index (κ1) is 28.0. The van der Waals surface area contributed by atoms with Crippen molar-refractivity contribution in [3.8, 4) is 11.1 Å². The van der Waals surface area contributed by atoms with Crippen LogP contribution in [0, 0.1) is 23.7 Å². The molecule has 4 bridgehead atoms. The van der Waals surface area contributed by atoms with Gasteiger partial charge in [0.25, 0.3) is 0 Å². The molecule has 0 amide bonds. The predicted octanol–water partition coefficient (Wildman–Crippen LogP) is 13.6. The van der Waals surface area contributed by atoms with Crippen molar-refractivity contribution in [2.24, 2.45) is 23.7 Å². The van der Waals surface area contributed by atoms with Gasteiger partial charge in [0.05, 0.1) is 0 Å². The van der Waals surface area contributed by atoms with E-state index < -0.39 is 0 Å². The van der Waals surface area contributed by atoms with Crippen molar-refractivity contribution >= 4 is 70.5 Å². The van der Waals surface area contributed by atoms with E-state index in [1.165, 1.54) is 63.4 Å². The van der Waals surface area contributed by atoms with Crippen LogP contribution in [0.2, 0.25) is 0 Å². The molecule has 12 rings (SSSR count). The smallest absolute Gasteiger partial charge is 0.137 e. The molecule has 2 nitrogen and oxygen atoms in total. The molecular weight excluding hydrogens is 615 g/mol. The molecule has 4 saturated carbocycles. The second kappa shape index (κ2) is 10.8. The number of fused-ring (bicyclic) bond motifs is 6. The SMILES string of the molecule is c1cc(-c2ccc(N(c3ccc4c(c3)oc3ccccc34)c3ccc4c(c3)sc3ccccc34)cc2)cc(C2C3CC4CC(C3)CC2C4)c1. The maximum absolute atomic E-state index is 6.37. The van der Waals surface area contributed by atoms with E-state index in [1.807, 2.05) is 17.4 Å². The molecule has 238 valence electrons. The number of rotatable bonds is 5. The Morgan fingerprint density at radius 2 is 1.12 bits per heavy atom. The summed E-state index contributed by atoms with van der Waals surface area (Å²) < 4.78 is 9.00. The number of furan rings is 1. The molecular formula is C46H37NOS. The average Bonchev–Trinajstić information content (AvgIpc) is 3.69. The van der Waals surface area contributed by atoms with Crippen molar-refractivity contribution < 1.29 is 4.42 Å². The van der Waals surface area contributed by atoms with Crippen LogP contribution in [0.4, 0.5) is 17.1 Å². The number of thiophene rings is 1. The van der Waals surface area contributed by atoms with Gasteiger partial charge in [0.1, 0.15) is 11.2 Å². The van der Waals surface area contributed by atoms with E-state index in [1.54, 1.807) is 5.56 Å². The number of nitrogens with zero attached hydrogens (tertiary/aromatic N) is 1. The number of anilines is 3. The van der Waals surface area contributed by atoms with Crippen molar-refractivity contribution in [2.45, 2.75) is 38.0 Å². The summed E-state index contributed by atoms with van der Waals surface area (Å²) in [7, 11) is 0. The number of hydrogen-bond donors (Lipinski definition) is 0. The standard InChI is InChI=1S/C46H37NOS/c1-3-10-42-38(8-1)39-18-16-36(26-43(39)48-42)47(37-17-19-41-40-9-2-4-11-44(40)49-45(41)27-37)35-14-12-30(13-15-35)31-6-5-7-32(25-31)46-33-21-28-20-29(23-33)24-34(46)22-28/h1-19,25-29,33-34,46H,20-24H2. The highest BCUT2D eigenvalue weighted by Crippen LogP contribution is 2.60. The van der Waals surface area contributed by atoms with Crippen molar-refractivity contribution in [2.75, 3.05) is 4.90 Å². The van der Waals surface area contributed by atoms with Crippen LogP contribution in [0.15, 0.2) is 138 Å². The molecule has 0 radical (unpaired) electrons. The molecule has 0 spiro atoms. The van der Waals surface area contributed by atoms with E-state index in [9.17, 15) is 0 Å². The summed E-state index contributed by atoms with van der Waals surface area (Å²) in [5.41, 5.74) is 9.39. The van der Waals surface area contributed by atoms with E-state index in [2.05, 4.69) is 132 Å². The molecule has 0 saturated heterocycles. The Kier molecular flexibility index (Phi) is 6.19. The zero-order valence-electron chi connectivity index (χ0n) is 27.4. The first-order chi connectivity index (χ1) is 24.2. The van der Waals surface area contributed by atoms with Gasteiger partial charge < -0.3 is 9.32 Å². The normalized spacial score (nSPS) is 22.9. The summed E-state index contributed by atoms with van der Waals surface area (Å²) >= 11 is 1.87. The lowest BCUT2D eigenvalue weighted by Gasteiger charge is -2.54. The lowest BCUT2D eigenvalue weighted by molar-refractivity contribution is -0.00276. The maximum Gasteiger partial charge on any atom is 0.137 e. The summed E-state index contributed by atoms with van der Waals surface area (Å²) in [5.74, 6) is 4.54. The van der Waals surface area contributed by atoms with Crippen LogP contribution in [0.25, 0.3) is 53.2 Å². The third-order valence-corrected chi connectivity index (χ3v) is 13.3. The van der Waals surface area contributed by atoms with Crippen LogP contribution in [0.1, 0.15) is 43.6 Å². The quantitative estimate of drug-likeness (QED) is 0.184. The fourth-order valence-electron chi connectivity index (χ4n) is 10.4. The maximum atomic E-state index is 6.37. The lowest BCUT2D eigenvalue weighted by atomic mass is 9.50. The van der Waals surface area contributed by atoms with Crippen LogP contribution >= 0.6 is 11.3 Å². The van der Waals surface area contributed by atoms with Crippen molar-refractivity contribution in [1.29, 1.82) is 0 Å². The highest BCUT2D eigenvalue weighted by Gasteiger charge is 2.48. The summed E-state index contributed by atoms with van der Waals surface area (Å²) in [6, 6.07) is 49.4. The molecule has 4 aliphatic carbocycles. The molecule has 3 heteroatoms. The van der Waals surface area contributed by atoms with Gasteiger partial charge in [0.2, 0.25) is 0 Å². The van der Waals surface area contributed by atoms with Gasteiger partial charge in [0.15, 0.2) is 0 Å². The van der Waals surface area contributed by atoms with Crippen LogP contribution in [-0.4, -0.2) is 0 Å². The fraction of sp³-hybridized carbons (Fsp3) is 0.217. The Labute approximate surface area is 290 Å². The lowest BCUT2D eigenvalue weighted by Crippen LogP contribution is -2.43. The molecule has 4 fully saturated rings. The monoisotopic (exact) mass is 651 g/mol. The molecule has 2 aromatic heterocycles. The number of hydrogen-bond acceptors (Lipinski definition) is 3.